The van der Waals surface area contributed by atoms with Crippen molar-refractivity contribution in [3.05, 3.63) is 64.4 Å². The topological polar surface area (TPSA) is 61.0 Å². The number of hydrogen-bond acceptors (Lipinski definition) is 4. The van der Waals surface area contributed by atoms with Gasteiger partial charge in [-0.15, -0.1) is 5.10 Å². The molecule has 1 atom stereocenters. The maximum atomic E-state index is 6.39. The van der Waals surface area contributed by atoms with E-state index in [4.69, 9.17) is 22.1 Å². The molecule has 4 nitrogen and oxygen atoms in total. The number of nitrogens with two attached hydrogens (primary N) is 1. The first-order valence-corrected chi connectivity index (χ1v) is 7.30. The Bertz CT molecular complexity index is 818. The van der Waals surface area contributed by atoms with Crippen LogP contribution in [-0.4, -0.2) is 17.3 Å². The first kappa shape index (κ1) is 14.8. The van der Waals surface area contributed by atoms with Crippen LogP contribution < -0.4 is 10.5 Å². The van der Waals surface area contributed by atoms with E-state index in [2.05, 4.69) is 10.2 Å². The molecule has 1 unspecified atom stereocenters. The second kappa shape index (κ2) is 5.91. The molecule has 0 aliphatic carbocycles. The molecule has 0 saturated carbocycles. The standard InChI is InChI=1S/C17H16ClN3O/c1-10-3-8-13-14(9-10)16(20-21-17(13)18)15(19)11-4-6-12(22-2)7-5-11/h3-9,15H,19H2,1-2H3. The minimum Gasteiger partial charge on any atom is -0.497 e. The number of benzene rings is 2. The van der Waals surface area contributed by atoms with Crippen molar-refractivity contribution < 1.29 is 4.74 Å². The Morgan fingerprint density at radius 2 is 1.77 bits per heavy atom. The van der Waals surface area contributed by atoms with Gasteiger partial charge in [0.2, 0.25) is 0 Å². The minimum atomic E-state index is -0.375. The molecule has 3 rings (SSSR count). The monoisotopic (exact) mass is 313 g/mol. The maximum Gasteiger partial charge on any atom is 0.159 e. The fraction of sp³-hybridized carbons (Fsp3) is 0.176. The first-order valence-electron chi connectivity index (χ1n) is 6.92. The van der Waals surface area contributed by atoms with Gasteiger partial charge >= 0.3 is 0 Å². The van der Waals surface area contributed by atoms with Gasteiger partial charge in [-0.3, -0.25) is 0 Å². The Balaban J connectivity index is 2.12. The van der Waals surface area contributed by atoms with Crippen molar-refractivity contribution in [2.24, 2.45) is 5.73 Å². The summed E-state index contributed by atoms with van der Waals surface area (Å²) in [7, 11) is 1.63. The minimum absolute atomic E-state index is 0.375. The third-order valence-electron chi connectivity index (χ3n) is 3.69. The highest BCUT2D eigenvalue weighted by Gasteiger charge is 2.16. The molecule has 2 aromatic carbocycles. The van der Waals surface area contributed by atoms with Crippen molar-refractivity contribution in [2.45, 2.75) is 13.0 Å². The SMILES string of the molecule is COc1ccc(C(N)c2nnc(Cl)c3ccc(C)cc23)cc1. The summed E-state index contributed by atoms with van der Waals surface area (Å²) in [5.74, 6) is 0.791. The molecule has 0 saturated heterocycles. The Morgan fingerprint density at radius 3 is 2.45 bits per heavy atom. The number of aromatic nitrogens is 2. The molecule has 5 heteroatoms. The Hall–Kier alpha value is -2.17. The van der Waals surface area contributed by atoms with Gasteiger partial charge in [-0.1, -0.05) is 41.4 Å². The second-order valence-electron chi connectivity index (χ2n) is 5.18. The van der Waals surface area contributed by atoms with Gasteiger partial charge in [0.05, 0.1) is 18.8 Å². The highest BCUT2D eigenvalue weighted by atomic mass is 35.5. The zero-order chi connectivity index (χ0) is 15.7. The molecule has 2 N–H and O–H groups in total. The molecule has 3 aromatic rings. The van der Waals surface area contributed by atoms with E-state index < -0.39 is 0 Å². The normalized spacial score (nSPS) is 12.4. The van der Waals surface area contributed by atoms with Gasteiger partial charge in [0, 0.05) is 10.8 Å². The van der Waals surface area contributed by atoms with Crippen LogP contribution in [0.1, 0.15) is 22.9 Å². The van der Waals surface area contributed by atoms with Crippen LogP contribution in [0.2, 0.25) is 5.15 Å². The summed E-state index contributed by atoms with van der Waals surface area (Å²) in [5.41, 5.74) is 9.17. The zero-order valence-electron chi connectivity index (χ0n) is 12.4. The Labute approximate surface area is 133 Å². The number of rotatable bonds is 3. The maximum absolute atomic E-state index is 6.39. The summed E-state index contributed by atoms with van der Waals surface area (Å²) in [6.45, 7) is 2.02. The summed E-state index contributed by atoms with van der Waals surface area (Å²) in [4.78, 5) is 0. The van der Waals surface area contributed by atoms with Crippen LogP contribution in [0, 0.1) is 6.92 Å². The van der Waals surface area contributed by atoms with Crippen LogP contribution in [-0.2, 0) is 0 Å². The van der Waals surface area contributed by atoms with E-state index in [9.17, 15) is 0 Å². The lowest BCUT2D eigenvalue weighted by molar-refractivity contribution is 0.414. The van der Waals surface area contributed by atoms with E-state index in [0.29, 0.717) is 10.8 Å². The van der Waals surface area contributed by atoms with Gasteiger partial charge < -0.3 is 10.5 Å². The number of halogens is 1. The van der Waals surface area contributed by atoms with E-state index in [1.165, 1.54) is 0 Å². The highest BCUT2D eigenvalue weighted by Crippen LogP contribution is 2.29. The summed E-state index contributed by atoms with van der Waals surface area (Å²) < 4.78 is 5.17. The fourth-order valence-corrected chi connectivity index (χ4v) is 2.66. The van der Waals surface area contributed by atoms with Crippen LogP contribution in [0.5, 0.6) is 5.75 Å². The summed E-state index contributed by atoms with van der Waals surface area (Å²) >= 11 is 6.14. The summed E-state index contributed by atoms with van der Waals surface area (Å²) in [5, 5.41) is 10.4. The second-order valence-corrected chi connectivity index (χ2v) is 5.53. The molecule has 0 spiro atoms. The molecule has 0 radical (unpaired) electrons. The van der Waals surface area contributed by atoms with Gasteiger partial charge in [-0.2, -0.15) is 5.10 Å². The summed E-state index contributed by atoms with van der Waals surface area (Å²) in [6, 6.07) is 13.2. The molecule has 22 heavy (non-hydrogen) atoms. The molecule has 112 valence electrons. The predicted octanol–water partition coefficient (Wildman–Crippen LogP) is 3.65. The van der Waals surface area contributed by atoms with Gasteiger partial charge in [0.25, 0.3) is 0 Å². The van der Waals surface area contributed by atoms with Gasteiger partial charge in [0.15, 0.2) is 5.15 Å². The fourth-order valence-electron chi connectivity index (χ4n) is 2.45. The molecule has 0 bridgehead atoms. The Morgan fingerprint density at radius 1 is 1.05 bits per heavy atom. The average molecular weight is 314 g/mol. The number of fused-ring (bicyclic) bond motifs is 1. The van der Waals surface area contributed by atoms with Crippen molar-refractivity contribution in [1.82, 2.24) is 10.2 Å². The third kappa shape index (κ3) is 2.63. The number of nitrogens with zero attached hydrogens (tertiary/aromatic N) is 2. The van der Waals surface area contributed by atoms with E-state index in [1.54, 1.807) is 7.11 Å². The lowest BCUT2D eigenvalue weighted by atomic mass is 9.99. The van der Waals surface area contributed by atoms with E-state index in [1.807, 2.05) is 49.4 Å². The van der Waals surface area contributed by atoms with Crippen molar-refractivity contribution in [3.63, 3.8) is 0 Å². The van der Waals surface area contributed by atoms with Crippen LogP contribution in [0.15, 0.2) is 42.5 Å². The lowest BCUT2D eigenvalue weighted by Gasteiger charge is -2.14. The number of ether oxygens (including phenoxy) is 1. The molecule has 0 fully saturated rings. The van der Waals surface area contributed by atoms with Crippen LogP contribution in [0.25, 0.3) is 10.8 Å². The van der Waals surface area contributed by atoms with Crippen LogP contribution in [0.4, 0.5) is 0 Å². The number of hydrogen-bond donors (Lipinski definition) is 1. The lowest BCUT2D eigenvalue weighted by Crippen LogP contribution is -2.15. The van der Waals surface area contributed by atoms with Crippen molar-refractivity contribution in [2.75, 3.05) is 7.11 Å². The van der Waals surface area contributed by atoms with Gasteiger partial charge in [-0.05, 0) is 30.7 Å². The third-order valence-corrected chi connectivity index (χ3v) is 3.97. The molecular formula is C17H16ClN3O. The highest BCUT2D eigenvalue weighted by molar-refractivity contribution is 6.34. The van der Waals surface area contributed by atoms with Gasteiger partial charge in [-0.25, -0.2) is 0 Å². The summed E-state index contributed by atoms with van der Waals surface area (Å²) in [6.07, 6.45) is 0. The van der Waals surface area contributed by atoms with E-state index in [-0.39, 0.29) is 6.04 Å². The Kier molecular flexibility index (Phi) is 3.96. The quantitative estimate of drug-likeness (QED) is 0.801. The molecule has 0 amide bonds. The predicted molar refractivity (Wildman–Crippen MR) is 88.3 cm³/mol. The van der Waals surface area contributed by atoms with Crippen molar-refractivity contribution >= 4 is 22.4 Å². The smallest absolute Gasteiger partial charge is 0.159 e. The molecule has 1 aromatic heterocycles. The molecule has 1 heterocycles. The van der Waals surface area contributed by atoms with Crippen LogP contribution >= 0.6 is 11.6 Å². The largest absolute Gasteiger partial charge is 0.497 e. The first-order chi connectivity index (χ1) is 10.6. The van der Waals surface area contributed by atoms with Gasteiger partial charge in [0.1, 0.15) is 5.75 Å². The van der Waals surface area contributed by atoms with Crippen molar-refractivity contribution in [1.29, 1.82) is 0 Å². The molecule has 0 aliphatic rings. The molecular weight excluding hydrogens is 298 g/mol. The average Bonchev–Trinajstić information content (AvgIpc) is 2.54. The van der Waals surface area contributed by atoms with E-state index in [0.717, 1.165) is 27.6 Å². The number of aryl methyl sites for hydroxylation is 1. The number of methoxy groups -OCH3 is 1. The van der Waals surface area contributed by atoms with Crippen molar-refractivity contribution in [3.8, 4) is 5.75 Å². The zero-order valence-corrected chi connectivity index (χ0v) is 13.1. The van der Waals surface area contributed by atoms with E-state index >= 15 is 0 Å². The van der Waals surface area contributed by atoms with Crippen LogP contribution in [0.3, 0.4) is 0 Å². The molecule has 0 aliphatic heterocycles.